The van der Waals surface area contributed by atoms with Crippen LogP contribution in [-0.4, -0.2) is 10.4 Å². The van der Waals surface area contributed by atoms with Gasteiger partial charge < -0.3 is 5.21 Å². The summed E-state index contributed by atoms with van der Waals surface area (Å²) in [6.45, 7) is 0. The molecule has 0 amide bonds. The van der Waals surface area contributed by atoms with Crippen LogP contribution in [0.4, 0.5) is 0 Å². The minimum absolute atomic E-state index is 0.121. The molecule has 0 aromatic carbocycles. The fourth-order valence-electron chi connectivity index (χ4n) is 0.471. The number of oxime groups is 1. The molecule has 0 saturated heterocycles. The topological polar surface area (TPSA) is 32.6 Å². The summed E-state index contributed by atoms with van der Waals surface area (Å²) < 4.78 is 0.939. The van der Waals surface area contributed by atoms with Crippen LogP contribution in [0, 0.1) is 0 Å². The van der Waals surface area contributed by atoms with Crippen molar-refractivity contribution in [2.45, 2.75) is 0 Å². The third kappa shape index (κ3) is 1.71. The van der Waals surface area contributed by atoms with Crippen LogP contribution in [0.15, 0.2) is 21.1 Å². The van der Waals surface area contributed by atoms with E-state index < -0.39 is 0 Å². The maximum absolute atomic E-state index is 8.24. The lowest BCUT2D eigenvalue weighted by Gasteiger charge is -1.84. The molecule has 0 atom stereocenters. The average Bonchev–Trinajstić information content (AvgIpc) is 2.34. The van der Waals surface area contributed by atoms with Crippen molar-refractivity contribution in [2.75, 3.05) is 0 Å². The van der Waals surface area contributed by atoms with Crippen LogP contribution >= 0.6 is 38.9 Å². The van der Waals surface area contributed by atoms with Crippen molar-refractivity contribution in [3.63, 3.8) is 0 Å². The largest absolute Gasteiger partial charge is 0.410 e. The summed E-state index contributed by atoms with van der Waals surface area (Å²) in [4.78, 5) is 0.746. The number of halogens is 2. The molecular formula is C5H3BrClNOS. The smallest absolute Gasteiger partial charge is 0.185 e. The van der Waals surface area contributed by atoms with Crippen molar-refractivity contribution in [3.05, 3.63) is 20.8 Å². The van der Waals surface area contributed by atoms with Gasteiger partial charge in [0.2, 0.25) is 0 Å². The standard InChI is InChI=1S/C5H3BrClNOS/c6-3-1-4(10-2-3)5(7)8-9/h1-2,9H/b8-5-. The lowest BCUT2D eigenvalue weighted by molar-refractivity contribution is 0.321. The highest BCUT2D eigenvalue weighted by molar-refractivity contribution is 9.10. The van der Waals surface area contributed by atoms with Crippen LogP contribution in [0.25, 0.3) is 0 Å². The van der Waals surface area contributed by atoms with Gasteiger partial charge in [-0.25, -0.2) is 0 Å². The third-order valence-electron chi connectivity index (χ3n) is 0.859. The van der Waals surface area contributed by atoms with Gasteiger partial charge in [-0.05, 0) is 22.0 Å². The fourth-order valence-corrected chi connectivity index (χ4v) is 1.96. The fraction of sp³-hybridized carbons (Fsp3) is 0. The summed E-state index contributed by atoms with van der Waals surface area (Å²) in [5.74, 6) is 0. The van der Waals surface area contributed by atoms with E-state index in [0.29, 0.717) is 0 Å². The van der Waals surface area contributed by atoms with Crippen molar-refractivity contribution >= 4 is 44.0 Å². The maximum atomic E-state index is 8.24. The molecule has 0 radical (unpaired) electrons. The van der Waals surface area contributed by atoms with Gasteiger partial charge in [-0.2, -0.15) is 0 Å². The van der Waals surface area contributed by atoms with Crippen LogP contribution < -0.4 is 0 Å². The van der Waals surface area contributed by atoms with E-state index in [1.54, 1.807) is 6.07 Å². The average molecular weight is 241 g/mol. The Hall–Kier alpha value is -0.0600. The summed E-state index contributed by atoms with van der Waals surface area (Å²) in [5.41, 5.74) is 0. The monoisotopic (exact) mass is 239 g/mol. The molecule has 0 aliphatic heterocycles. The normalized spacial score (nSPS) is 12.0. The Morgan fingerprint density at radius 3 is 2.90 bits per heavy atom. The highest BCUT2D eigenvalue weighted by Crippen LogP contribution is 2.21. The summed E-state index contributed by atoms with van der Waals surface area (Å²) >= 11 is 10.2. The van der Waals surface area contributed by atoms with E-state index in [0.717, 1.165) is 9.35 Å². The van der Waals surface area contributed by atoms with E-state index in [4.69, 9.17) is 16.8 Å². The van der Waals surface area contributed by atoms with Crippen LogP contribution in [0.5, 0.6) is 0 Å². The molecule has 5 heteroatoms. The van der Waals surface area contributed by atoms with Gasteiger partial charge in [0.25, 0.3) is 0 Å². The van der Waals surface area contributed by atoms with Crippen molar-refractivity contribution in [2.24, 2.45) is 5.16 Å². The second kappa shape index (κ2) is 3.37. The number of hydrogen-bond donors (Lipinski definition) is 1. The van der Waals surface area contributed by atoms with E-state index in [1.807, 2.05) is 5.38 Å². The molecule has 54 valence electrons. The first-order valence-electron chi connectivity index (χ1n) is 2.36. The van der Waals surface area contributed by atoms with Crippen molar-refractivity contribution in [1.29, 1.82) is 0 Å². The van der Waals surface area contributed by atoms with Gasteiger partial charge in [0.05, 0.1) is 4.88 Å². The van der Waals surface area contributed by atoms with Crippen molar-refractivity contribution < 1.29 is 5.21 Å². The van der Waals surface area contributed by atoms with Gasteiger partial charge in [-0.1, -0.05) is 16.8 Å². The third-order valence-corrected chi connectivity index (χ3v) is 2.95. The molecule has 1 rings (SSSR count). The first-order valence-corrected chi connectivity index (χ1v) is 4.41. The predicted octanol–water partition coefficient (Wildman–Crippen LogP) is 2.89. The molecule has 1 heterocycles. The molecule has 0 bridgehead atoms. The first kappa shape index (κ1) is 8.04. The van der Waals surface area contributed by atoms with Crippen LogP contribution in [0.2, 0.25) is 0 Å². The Balaban J connectivity index is 2.95. The molecule has 0 saturated carbocycles. The zero-order chi connectivity index (χ0) is 7.56. The Labute approximate surface area is 75.3 Å². The summed E-state index contributed by atoms with van der Waals surface area (Å²) in [6.07, 6.45) is 0. The summed E-state index contributed by atoms with van der Waals surface area (Å²) in [7, 11) is 0. The van der Waals surface area contributed by atoms with E-state index in [1.165, 1.54) is 11.3 Å². The first-order chi connectivity index (χ1) is 4.74. The molecule has 0 aliphatic rings. The summed E-state index contributed by atoms with van der Waals surface area (Å²) in [5, 5.41) is 13.1. The van der Waals surface area contributed by atoms with Crippen molar-refractivity contribution in [1.82, 2.24) is 0 Å². The predicted molar refractivity (Wildman–Crippen MR) is 46.2 cm³/mol. The lowest BCUT2D eigenvalue weighted by atomic mass is 10.5. The zero-order valence-electron chi connectivity index (χ0n) is 4.71. The molecular weight excluding hydrogens is 237 g/mol. The van der Waals surface area contributed by atoms with E-state index >= 15 is 0 Å². The molecule has 0 unspecified atom stereocenters. The number of thiophene rings is 1. The van der Waals surface area contributed by atoms with Gasteiger partial charge >= 0.3 is 0 Å². The van der Waals surface area contributed by atoms with Gasteiger partial charge in [-0.3, -0.25) is 0 Å². The second-order valence-electron chi connectivity index (χ2n) is 1.52. The molecule has 1 aromatic heterocycles. The van der Waals surface area contributed by atoms with Gasteiger partial charge in [-0.15, -0.1) is 11.3 Å². The van der Waals surface area contributed by atoms with Crippen LogP contribution in [-0.2, 0) is 0 Å². The van der Waals surface area contributed by atoms with Crippen molar-refractivity contribution in [3.8, 4) is 0 Å². The molecule has 1 aromatic rings. The second-order valence-corrected chi connectivity index (χ2v) is 3.70. The van der Waals surface area contributed by atoms with E-state index in [9.17, 15) is 0 Å². The highest BCUT2D eigenvalue weighted by Gasteiger charge is 2.02. The maximum Gasteiger partial charge on any atom is 0.185 e. The molecule has 10 heavy (non-hydrogen) atoms. The van der Waals surface area contributed by atoms with Gasteiger partial charge in [0.1, 0.15) is 0 Å². The number of rotatable bonds is 1. The zero-order valence-corrected chi connectivity index (χ0v) is 7.87. The Morgan fingerprint density at radius 1 is 1.80 bits per heavy atom. The molecule has 0 aliphatic carbocycles. The summed E-state index contributed by atoms with van der Waals surface area (Å²) in [6, 6.07) is 1.78. The Morgan fingerprint density at radius 2 is 2.50 bits per heavy atom. The lowest BCUT2D eigenvalue weighted by Crippen LogP contribution is -1.83. The number of nitrogens with zero attached hydrogens (tertiary/aromatic N) is 1. The van der Waals surface area contributed by atoms with Crippen LogP contribution in [0.3, 0.4) is 0 Å². The molecule has 2 nitrogen and oxygen atoms in total. The minimum atomic E-state index is 0.121. The minimum Gasteiger partial charge on any atom is -0.410 e. The number of hydrogen-bond acceptors (Lipinski definition) is 3. The Bertz CT molecular complexity index is 260. The molecule has 0 spiro atoms. The van der Waals surface area contributed by atoms with E-state index in [2.05, 4.69) is 21.1 Å². The molecule has 0 fully saturated rings. The Kier molecular flexibility index (Phi) is 2.71. The quantitative estimate of drug-likeness (QED) is 0.457. The SMILES string of the molecule is O/N=C(\Cl)c1cc(Br)cs1. The highest BCUT2D eigenvalue weighted by atomic mass is 79.9. The molecule has 1 N–H and O–H groups in total. The van der Waals surface area contributed by atoms with Gasteiger partial charge in [0.15, 0.2) is 5.17 Å². The van der Waals surface area contributed by atoms with Gasteiger partial charge in [0, 0.05) is 9.85 Å². The van der Waals surface area contributed by atoms with E-state index in [-0.39, 0.29) is 5.17 Å². The van der Waals surface area contributed by atoms with Crippen LogP contribution in [0.1, 0.15) is 4.88 Å².